The SMILES string of the molecule is CN(CCc1ccc(O)cc1)C(=O)OCc1ccccc1. The third-order valence-electron chi connectivity index (χ3n) is 3.19. The summed E-state index contributed by atoms with van der Waals surface area (Å²) in [7, 11) is 1.72. The first-order valence-electron chi connectivity index (χ1n) is 6.85. The van der Waals surface area contributed by atoms with Gasteiger partial charge in [0.25, 0.3) is 0 Å². The van der Waals surface area contributed by atoms with E-state index in [4.69, 9.17) is 4.74 Å². The largest absolute Gasteiger partial charge is 0.508 e. The Kier molecular flexibility index (Phi) is 5.21. The van der Waals surface area contributed by atoms with Gasteiger partial charge in [0.15, 0.2) is 0 Å². The molecule has 0 unspecified atom stereocenters. The molecule has 1 amide bonds. The summed E-state index contributed by atoms with van der Waals surface area (Å²) in [5.41, 5.74) is 2.04. The van der Waals surface area contributed by atoms with E-state index in [1.54, 1.807) is 24.1 Å². The molecular formula is C17H19NO3. The average Bonchev–Trinajstić information content (AvgIpc) is 2.52. The molecule has 4 heteroatoms. The number of ether oxygens (including phenoxy) is 1. The zero-order valence-electron chi connectivity index (χ0n) is 12.0. The standard InChI is InChI=1S/C17H19NO3/c1-18(12-11-14-7-9-16(19)10-8-14)17(20)21-13-15-5-3-2-4-6-15/h2-10,19H,11-13H2,1H3. The van der Waals surface area contributed by atoms with Crippen LogP contribution in [-0.2, 0) is 17.8 Å². The van der Waals surface area contributed by atoms with Crippen LogP contribution in [0, 0.1) is 0 Å². The van der Waals surface area contributed by atoms with Gasteiger partial charge in [-0.15, -0.1) is 0 Å². The molecule has 110 valence electrons. The Morgan fingerprint density at radius 1 is 1.05 bits per heavy atom. The Balaban J connectivity index is 1.76. The molecule has 0 aliphatic carbocycles. The van der Waals surface area contributed by atoms with Gasteiger partial charge in [0, 0.05) is 13.6 Å². The maximum atomic E-state index is 11.9. The molecule has 0 bridgehead atoms. The maximum absolute atomic E-state index is 11.9. The zero-order valence-corrected chi connectivity index (χ0v) is 12.0. The lowest BCUT2D eigenvalue weighted by atomic mass is 10.1. The van der Waals surface area contributed by atoms with Gasteiger partial charge in [0.1, 0.15) is 12.4 Å². The molecule has 4 nitrogen and oxygen atoms in total. The first-order chi connectivity index (χ1) is 10.1. The van der Waals surface area contributed by atoms with Crippen molar-refractivity contribution in [2.75, 3.05) is 13.6 Å². The third-order valence-corrected chi connectivity index (χ3v) is 3.19. The van der Waals surface area contributed by atoms with Gasteiger partial charge in [-0.2, -0.15) is 0 Å². The molecule has 0 aliphatic rings. The van der Waals surface area contributed by atoms with Crippen LogP contribution in [0.1, 0.15) is 11.1 Å². The Morgan fingerprint density at radius 3 is 2.38 bits per heavy atom. The third kappa shape index (κ3) is 4.84. The zero-order chi connectivity index (χ0) is 15.1. The second-order valence-corrected chi connectivity index (χ2v) is 4.88. The maximum Gasteiger partial charge on any atom is 0.409 e. The minimum Gasteiger partial charge on any atom is -0.508 e. The van der Waals surface area contributed by atoms with Crippen molar-refractivity contribution in [3.63, 3.8) is 0 Å². The van der Waals surface area contributed by atoms with Gasteiger partial charge in [0.2, 0.25) is 0 Å². The highest BCUT2D eigenvalue weighted by Gasteiger charge is 2.10. The highest BCUT2D eigenvalue weighted by atomic mass is 16.6. The van der Waals surface area contributed by atoms with Crippen molar-refractivity contribution in [1.82, 2.24) is 4.90 Å². The van der Waals surface area contributed by atoms with E-state index in [-0.39, 0.29) is 18.4 Å². The molecule has 1 N–H and O–H groups in total. The number of carbonyl (C=O) groups is 1. The number of benzene rings is 2. The summed E-state index contributed by atoms with van der Waals surface area (Å²) in [4.78, 5) is 13.4. The second kappa shape index (κ2) is 7.33. The number of rotatable bonds is 5. The molecule has 0 fully saturated rings. The van der Waals surface area contributed by atoms with Crippen molar-refractivity contribution in [3.8, 4) is 5.75 Å². The molecule has 0 saturated carbocycles. The lowest BCUT2D eigenvalue weighted by Gasteiger charge is -2.17. The van der Waals surface area contributed by atoms with Crippen LogP contribution < -0.4 is 0 Å². The molecule has 2 rings (SSSR count). The molecule has 0 spiro atoms. The molecule has 2 aromatic carbocycles. The predicted octanol–water partition coefficient (Wildman–Crippen LogP) is 3.20. The molecule has 0 saturated heterocycles. The summed E-state index contributed by atoms with van der Waals surface area (Å²) in [5.74, 6) is 0.245. The van der Waals surface area contributed by atoms with Gasteiger partial charge >= 0.3 is 6.09 Å². The highest BCUT2D eigenvalue weighted by Crippen LogP contribution is 2.10. The van der Waals surface area contributed by atoms with Crippen LogP contribution in [0.4, 0.5) is 4.79 Å². The normalized spacial score (nSPS) is 10.1. The monoisotopic (exact) mass is 285 g/mol. The summed E-state index contributed by atoms with van der Waals surface area (Å²) in [6.45, 7) is 0.849. The average molecular weight is 285 g/mol. The van der Waals surface area contributed by atoms with Crippen LogP contribution in [-0.4, -0.2) is 29.7 Å². The lowest BCUT2D eigenvalue weighted by molar-refractivity contribution is 0.105. The summed E-state index contributed by atoms with van der Waals surface area (Å²) in [5, 5.41) is 9.22. The fraction of sp³-hybridized carbons (Fsp3) is 0.235. The first kappa shape index (κ1) is 14.9. The smallest absolute Gasteiger partial charge is 0.409 e. The van der Waals surface area contributed by atoms with E-state index in [0.29, 0.717) is 6.54 Å². The second-order valence-electron chi connectivity index (χ2n) is 4.88. The number of hydrogen-bond donors (Lipinski definition) is 1. The van der Waals surface area contributed by atoms with Crippen molar-refractivity contribution in [2.45, 2.75) is 13.0 Å². The van der Waals surface area contributed by atoms with Crippen LogP contribution in [0.2, 0.25) is 0 Å². The van der Waals surface area contributed by atoms with Crippen LogP contribution in [0.25, 0.3) is 0 Å². The first-order valence-corrected chi connectivity index (χ1v) is 6.85. The summed E-state index contributed by atoms with van der Waals surface area (Å²) >= 11 is 0. The fourth-order valence-corrected chi connectivity index (χ4v) is 1.88. The number of phenols is 1. The van der Waals surface area contributed by atoms with Gasteiger partial charge in [-0.1, -0.05) is 42.5 Å². The van der Waals surface area contributed by atoms with Crippen molar-refractivity contribution in [1.29, 1.82) is 0 Å². The van der Waals surface area contributed by atoms with E-state index in [2.05, 4.69) is 0 Å². The van der Waals surface area contributed by atoms with E-state index in [1.165, 1.54) is 0 Å². The van der Waals surface area contributed by atoms with Gasteiger partial charge in [-0.05, 0) is 29.7 Å². The molecule has 0 aromatic heterocycles. The topological polar surface area (TPSA) is 49.8 Å². The number of hydrogen-bond acceptors (Lipinski definition) is 3. The minimum absolute atomic E-state index is 0.245. The molecule has 0 heterocycles. The Bertz CT molecular complexity index is 566. The molecular weight excluding hydrogens is 266 g/mol. The van der Waals surface area contributed by atoms with Gasteiger partial charge in [-0.3, -0.25) is 0 Å². The number of amides is 1. The van der Waals surface area contributed by atoms with Crippen LogP contribution >= 0.6 is 0 Å². The van der Waals surface area contributed by atoms with Crippen molar-refractivity contribution in [2.24, 2.45) is 0 Å². The Morgan fingerprint density at radius 2 is 1.71 bits per heavy atom. The number of phenolic OH excluding ortho intramolecular Hbond substituents is 1. The van der Waals surface area contributed by atoms with E-state index >= 15 is 0 Å². The lowest BCUT2D eigenvalue weighted by Crippen LogP contribution is -2.29. The van der Waals surface area contributed by atoms with E-state index in [0.717, 1.165) is 17.5 Å². The van der Waals surface area contributed by atoms with Crippen LogP contribution in [0.5, 0.6) is 5.75 Å². The Hall–Kier alpha value is -2.49. The van der Waals surface area contributed by atoms with E-state index < -0.39 is 0 Å². The van der Waals surface area contributed by atoms with E-state index in [1.807, 2.05) is 42.5 Å². The number of aromatic hydroxyl groups is 1. The minimum atomic E-state index is -0.336. The van der Waals surface area contributed by atoms with E-state index in [9.17, 15) is 9.90 Å². The highest BCUT2D eigenvalue weighted by molar-refractivity contribution is 5.67. The quantitative estimate of drug-likeness (QED) is 0.917. The van der Waals surface area contributed by atoms with Gasteiger partial charge in [0.05, 0.1) is 0 Å². The molecule has 21 heavy (non-hydrogen) atoms. The van der Waals surface area contributed by atoms with Crippen LogP contribution in [0.3, 0.4) is 0 Å². The van der Waals surface area contributed by atoms with Crippen molar-refractivity contribution < 1.29 is 14.6 Å². The molecule has 0 aliphatic heterocycles. The van der Waals surface area contributed by atoms with Crippen molar-refractivity contribution >= 4 is 6.09 Å². The van der Waals surface area contributed by atoms with Gasteiger partial charge in [-0.25, -0.2) is 4.79 Å². The summed E-state index contributed by atoms with van der Waals surface area (Å²) < 4.78 is 5.24. The summed E-state index contributed by atoms with van der Waals surface area (Å²) in [6.07, 6.45) is 0.384. The fourth-order valence-electron chi connectivity index (χ4n) is 1.88. The molecule has 0 radical (unpaired) electrons. The number of nitrogens with zero attached hydrogens (tertiary/aromatic N) is 1. The van der Waals surface area contributed by atoms with Crippen molar-refractivity contribution in [3.05, 3.63) is 65.7 Å². The number of carbonyl (C=O) groups excluding carboxylic acids is 1. The molecule has 0 atom stereocenters. The van der Waals surface area contributed by atoms with Gasteiger partial charge < -0.3 is 14.7 Å². The van der Waals surface area contributed by atoms with Crippen LogP contribution in [0.15, 0.2) is 54.6 Å². The Labute approximate surface area is 124 Å². The molecule has 2 aromatic rings. The summed E-state index contributed by atoms with van der Waals surface area (Å²) in [6, 6.07) is 16.6. The predicted molar refractivity (Wildman–Crippen MR) is 81.1 cm³/mol. The number of likely N-dealkylation sites (N-methyl/N-ethyl adjacent to an activating group) is 1.